The van der Waals surface area contributed by atoms with Gasteiger partial charge in [-0.25, -0.2) is 4.39 Å². The van der Waals surface area contributed by atoms with E-state index in [0.29, 0.717) is 22.3 Å². The molecule has 2 fully saturated rings. The Bertz CT molecular complexity index is 793. The van der Waals surface area contributed by atoms with Crippen LogP contribution in [0.25, 0.3) is 0 Å². The summed E-state index contributed by atoms with van der Waals surface area (Å²) in [4.78, 5) is 2.51. The summed E-state index contributed by atoms with van der Waals surface area (Å²) >= 11 is 8.73. The van der Waals surface area contributed by atoms with Crippen molar-refractivity contribution in [1.82, 2.24) is 13.6 Å². The number of hydrogen-bond acceptors (Lipinski definition) is 5. The molecular formula is C17H15ClFN3S2. The Morgan fingerprint density at radius 3 is 3.00 bits per heavy atom. The number of piperidine rings is 1. The first-order valence-electron chi connectivity index (χ1n) is 7.81. The van der Waals surface area contributed by atoms with Crippen molar-refractivity contribution in [1.29, 1.82) is 0 Å². The maximum atomic E-state index is 13.3. The fourth-order valence-electron chi connectivity index (χ4n) is 3.48. The zero-order valence-corrected chi connectivity index (χ0v) is 15.2. The van der Waals surface area contributed by atoms with E-state index in [9.17, 15) is 4.39 Å². The molecule has 0 amide bonds. The van der Waals surface area contributed by atoms with E-state index in [2.05, 4.69) is 25.5 Å². The number of hydrogen-bond donors (Lipinski definition) is 0. The van der Waals surface area contributed by atoms with E-state index in [1.807, 2.05) is 0 Å². The molecular weight excluding hydrogens is 365 g/mol. The van der Waals surface area contributed by atoms with Gasteiger partial charge in [-0.05, 0) is 37.1 Å². The highest BCUT2D eigenvalue weighted by atomic mass is 35.5. The second kappa shape index (κ2) is 7.01. The van der Waals surface area contributed by atoms with Crippen molar-refractivity contribution < 1.29 is 4.39 Å². The molecule has 3 heterocycles. The van der Waals surface area contributed by atoms with Crippen LogP contribution in [-0.2, 0) is 0 Å². The third kappa shape index (κ3) is 3.45. The van der Waals surface area contributed by atoms with Gasteiger partial charge in [-0.15, -0.1) is 0 Å². The number of nitrogens with zero attached hydrogens (tertiary/aromatic N) is 3. The van der Waals surface area contributed by atoms with Crippen LogP contribution in [0.3, 0.4) is 0 Å². The summed E-state index contributed by atoms with van der Waals surface area (Å²) < 4.78 is 22.3. The van der Waals surface area contributed by atoms with Crippen molar-refractivity contribution >= 4 is 35.1 Å². The lowest BCUT2D eigenvalue weighted by atomic mass is 9.90. The van der Waals surface area contributed by atoms with Crippen LogP contribution in [0.5, 0.6) is 0 Å². The average Bonchev–Trinajstić information content (AvgIpc) is 3.26. The molecule has 2 bridgehead atoms. The van der Waals surface area contributed by atoms with E-state index in [4.69, 9.17) is 11.6 Å². The third-order valence-corrected chi connectivity index (χ3v) is 6.28. The summed E-state index contributed by atoms with van der Waals surface area (Å²) in [6.45, 7) is 3.53. The van der Waals surface area contributed by atoms with Crippen LogP contribution >= 0.6 is 35.1 Å². The Hall–Kier alpha value is -1.13. The first kappa shape index (κ1) is 16.3. The molecule has 2 aliphatic rings. The van der Waals surface area contributed by atoms with Gasteiger partial charge in [-0.2, -0.15) is 8.75 Å². The van der Waals surface area contributed by atoms with Gasteiger partial charge in [0.15, 0.2) is 0 Å². The molecule has 0 radical (unpaired) electrons. The first-order valence-corrected chi connectivity index (χ1v) is 9.91. The molecule has 0 saturated carbocycles. The van der Waals surface area contributed by atoms with Gasteiger partial charge in [-0.1, -0.05) is 35.2 Å². The fourth-order valence-corrected chi connectivity index (χ4v) is 5.21. The van der Waals surface area contributed by atoms with Gasteiger partial charge in [0, 0.05) is 29.6 Å². The molecule has 0 aliphatic carbocycles. The Morgan fingerprint density at radius 1 is 1.33 bits per heavy atom. The molecule has 1 aromatic heterocycles. The van der Waals surface area contributed by atoms with Crippen LogP contribution in [0.4, 0.5) is 4.39 Å². The predicted molar refractivity (Wildman–Crippen MR) is 96.2 cm³/mol. The molecule has 124 valence electrons. The van der Waals surface area contributed by atoms with E-state index in [1.54, 1.807) is 17.8 Å². The van der Waals surface area contributed by atoms with Gasteiger partial charge in [-0.3, -0.25) is 0 Å². The van der Waals surface area contributed by atoms with Gasteiger partial charge in [0.05, 0.1) is 23.2 Å². The normalized spacial score (nSPS) is 24.8. The minimum Gasteiger partial charge on any atom is -0.302 e. The Labute approximate surface area is 153 Å². The van der Waals surface area contributed by atoms with Gasteiger partial charge in [0.2, 0.25) is 0 Å². The summed E-state index contributed by atoms with van der Waals surface area (Å²) in [5, 5.41) is 1.37. The van der Waals surface area contributed by atoms with Crippen molar-refractivity contribution in [2.24, 2.45) is 5.92 Å². The number of fused-ring (bicyclic) bond motifs is 2. The van der Waals surface area contributed by atoms with Crippen LogP contribution in [-0.4, -0.2) is 39.0 Å². The van der Waals surface area contributed by atoms with Crippen molar-refractivity contribution in [3.63, 3.8) is 0 Å². The van der Waals surface area contributed by atoms with Crippen LogP contribution in [0, 0.1) is 23.6 Å². The monoisotopic (exact) mass is 379 g/mol. The van der Waals surface area contributed by atoms with Crippen LogP contribution in [0.1, 0.15) is 23.6 Å². The quantitative estimate of drug-likeness (QED) is 0.597. The SMILES string of the molecule is Fc1cc(Cl)cc(C#CCSc2nsnc2C2CN3CCC2C3)c1. The van der Waals surface area contributed by atoms with Crippen molar-refractivity contribution in [2.45, 2.75) is 17.4 Å². The molecule has 2 aromatic rings. The minimum atomic E-state index is -0.364. The van der Waals surface area contributed by atoms with Crippen LogP contribution < -0.4 is 0 Å². The molecule has 4 rings (SSSR count). The van der Waals surface area contributed by atoms with Crippen LogP contribution in [0.15, 0.2) is 23.2 Å². The number of aromatic nitrogens is 2. The summed E-state index contributed by atoms with van der Waals surface area (Å²) in [6.07, 6.45) is 1.27. The van der Waals surface area contributed by atoms with Gasteiger partial charge in [0.1, 0.15) is 10.8 Å². The molecule has 3 atom stereocenters. The molecule has 3 nitrogen and oxygen atoms in total. The smallest absolute Gasteiger partial charge is 0.134 e. The highest BCUT2D eigenvalue weighted by Crippen LogP contribution is 2.41. The molecule has 0 N–H and O–H groups in total. The highest BCUT2D eigenvalue weighted by Gasteiger charge is 2.41. The summed E-state index contributed by atoms with van der Waals surface area (Å²) in [7, 11) is 0. The topological polar surface area (TPSA) is 29.0 Å². The van der Waals surface area contributed by atoms with Crippen molar-refractivity contribution in [3.05, 3.63) is 40.3 Å². The maximum absolute atomic E-state index is 13.3. The predicted octanol–water partition coefficient (Wildman–Crippen LogP) is 3.89. The molecule has 3 unspecified atom stereocenters. The molecule has 2 saturated heterocycles. The summed E-state index contributed by atoms with van der Waals surface area (Å²) in [6, 6.07) is 4.34. The van der Waals surface area contributed by atoms with E-state index in [1.165, 1.54) is 43.4 Å². The standard InChI is InChI=1S/C17H15ClFN3S2/c18-13-6-11(7-14(19)8-13)2-1-5-23-17-16(20-24-21-17)15-10-22-4-3-12(15)9-22/h6-8,12,15H,3-5,9-10H2. The molecule has 0 spiro atoms. The second-order valence-corrected chi connectivity index (χ2v) is 8.05. The second-order valence-electron chi connectivity index (χ2n) is 6.12. The van der Waals surface area contributed by atoms with E-state index in [-0.39, 0.29) is 5.82 Å². The lowest BCUT2D eigenvalue weighted by Gasteiger charge is -2.20. The van der Waals surface area contributed by atoms with E-state index in [0.717, 1.165) is 23.2 Å². The van der Waals surface area contributed by atoms with Crippen LogP contribution in [0.2, 0.25) is 5.02 Å². The zero-order chi connectivity index (χ0) is 16.5. The first-order chi connectivity index (χ1) is 11.7. The third-order valence-electron chi connectivity index (χ3n) is 4.54. The Kier molecular flexibility index (Phi) is 4.77. The maximum Gasteiger partial charge on any atom is 0.134 e. The average molecular weight is 380 g/mol. The minimum absolute atomic E-state index is 0.364. The largest absolute Gasteiger partial charge is 0.302 e. The fraction of sp³-hybridized carbons (Fsp3) is 0.412. The number of halogens is 2. The zero-order valence-electron chi connectivity index (χ0n) is 12.8. The lowest BCUT2D eigenvalue weighted by Crippen LogP contribution is -2.22. The highest BCUT2D eigenvalue weighted by molar-refractivity contribution is 7.99. The molecule has 24 heavy (non-hydrogen) atoms. The number of rotatable bonds is 3. The molecule has 7 heteroatoms. The van der Waals surface area contributed by atoms with Crippen molar-refractivity contribution in [3.8, 4) is 11.8 Å². The van der Waals surface area contributed by atoms with Gasteiger partial charge in [0.25, 0.3) is 0 Å². The van der Waals surface area contributed by atoms with Gasteiger partial charge < -0.3 is 4.90 Å². The summed E-state index contributed by atoms with van der Waals surface area (Å²) in [5.74, 6) is 7.51. The van der Waals surface area contributed by atoms with E-state index >= 15 is 0 Å². The Morgan fingerprint density at radius 2 is 2.25 bits per heavy atom. The summed E-state index contributed by atoms with van der Waals surface area (Å²) in [5.41, 5.74) is 1.74. The van der Waals surface area contributed by atoms with Crippen molar-refractivity contribution in [2.75, 3.05) is 25.4 Å². The number of benzene rings is 1. The lowest BCUT2D eigenvalue weighted by molar-refractivity contribution is 0.342. The molecule has 1 aromatic carbocycles. The van der Waals surface area contributed by atoms with E-state index < -0.39 is 0 Å². The molecule has 2 aliphatic heterocycles. The number of thioether (sulfide) groups is 1. The van der Waals surface area contributed by atoms with Gasteiger partial charge >= 0.3 is 0 Å². The Balaban J connectivity index is 1.41.